The first-order valence-corrected chi connectivity index (χ1v) is 8.24. The number of hydrogen-bond donors (Lipinski definition) is 1. The lowest BCUT2D eigenvalue weighted by molar-refractivity contribution is -0.135. The summed E-state index contributed by atoms with van der Waals surface area (Å²) in [6, 6.07) is 6.67. The van der Waals surface area contributed by atoms with Crippen LogP contribution in [0.1, 0.15) is 19.4 Å². The summed E-state index contributed by atoms with van der Waals surface area (Å²) in [6.07, 6.45) is -0.0764. The zero-order valence-corrected chi connectivity index (χ0v) is 13.3. The van der Waals surface area contributed by atoms with Crippen molar-refractivity contribution in [1.82, 2.24) is 0 Å². The summed E-state index contributed by atoms with van der Waals surface area (Å²) in [6.45, 7) is 4.91. The molecule has 0 fully saturated rings. The molecule has 118 valence electrons. The van der Waals surface area contributed by atoms with Crippen LogP contribution in [-0.4, -0.2) is 44.5 Å². The molecule has 0 heterocycles. The topological polar surface area (TPSA) is 83.9 Å². The number of ether oxygens (including phenoxy) is 1. The lowest BCUT2D eigenvalue weighted by Gasteiger charge is -2.23. The standard InChI is InChI=1S/C14H21NO5S/c1-11(2)20-8-9-21(18,19)15(10-14(16)17)13-6-4-12(3)5-7-13/h4-7,11H,8-10H2,1-3H3,(H,16,17). The van der Waals surface area contributed by atoms with Crippen LogP contribution in [0.4, 0.5) is 5.69 Å². The van der Waals surface area contributed by atoms with Crippen LogP contribution in [-0.2, 0) is 19.6 Å². The molecule has 0 spiro atoms. The number of aliphatic carboxylic acids is 1. The summed E-state index contributed by atoms with van der Waals surface area (Å²) in [7, 11) is -3.75. The Morgan fingerprint density at radius 3 is 2.33 bits per heavy atom. The Morgan fingerprint density at radius 2 is 1.86 bits per heavy atom. The molecular formula is C14H21NO5S. The van der Waals surface area contributed by atoms with E-state index in [9.17, 15) is 13.2 Å². The molecule has 21 heavy (non-hydrogen) atoms. The van der Waals surface area contributed by atoms with Crippen LogP contribution in [0.15, 0.2) is 24.3 Å². The molecule has 0 aromatic heterocycles. The Morgan fingerprint density at radius 1 is 1.29 bits per heavy atom. The second-order valence-electron chi connectivity index (χ2n) is 4.97. The summed E-state index contributed by atoms with van der Waals surface area (Å²) in [4.78, 5) is 10.9. The van der Waals surface area contributed by atoms with Gasteiger partial charge in [0.05, 0.1) is 24.2 Å². The normalized spacial score (nSPS) is 11.6. The van der Waals surface area contributed by atoms with E-state index in [4.69, 9.17) is 9.84 Å². The first-order chi connectivity index (χ1) is 9.72. The molecule has 0 radical (unpaired) electrons. The van der Waals surface area contributed by atoms with Crippen LogP contribution in [0.5, 0.6) is 0 Å². The van der Waals surface area contributed by atoms with Crippen molar-refractivity contribution in [1.29, 1.82) is 0 Å². The number of aryl methyl sites for hydroxylation is 1. The van der Waals surface area contributed by atoms with E-state index in [1.807, 2.05) is 20.8 Å². The van der Waals surface area contributed by atoms with Crippen molar-refractivity contribution in [3.05, 3.63) is 29.8 Å². The molecule has 0 saturated heterocycles. The fourth-order valence-corrected chi connectivity index (χ4v) is 2.96. The fourth-order valence-electron chi connectivity index (χ4n) is 1.68. The first kappa shape index (κ1) is 17.5. The van der Waals surface area contributed by atoms with E-state index in [2.05, 4.69) is 0 Å². The van der Waals surface area contributed by atoms with Crippen molar-refractivity contribution in [2.24, 2.45) is 0 Å². The number of hydrogen-bond acceptors (Lipinski definition) is 4. The Kier molecular flexibility index (Phi) is 6.17. The van der Waals surface area contributed by atoms with E-state index >= 15 is 0 Å². The fraction of sp³-hybridized carbons (Fsp3) is 0.500. The summed E-state index contributed by atoms with van der Waals surface area (Å²) in [5.41, 5.74) is 1.31. The zero-order chi connectivity index (χ0) is 16.0. The second-order valence-corrected chi connectivity index (χ2v) is 6.98. The summed E-state index contributed by atoms with van der Waals surface area (Å²) < 4.78 is 30.8. The van der Waals surface area contributed by atoms with Crippen molar-refractivity contribution in [3.63, 3.8) is 0 Å². The van der Waals surface area contributed by atoms with Gasteiger partial charge in [0, 0.05) is 0 Å². The maximum absolute atomic E-state index is 12.3. The highest BCUT2D eigenvalue weighted by Crippen LogP contribution is 2.19. The third-order valence-corrected chi connectivity index (χ3v) is 4.42. The zero-order valence-electron chi connectivity index (χ0n) is 12.4. The first-order valence-electron chi connectivity index (χ1n) is 6.63. The predicted octanol–water partition coefficient (Wildman–Crippen LogP) is 1.64. The van der Waals surface area contributed by atoms with Gasteiger partial charge in [-0.25, -0.2) is 8.42 Å². The lowest BCUT2D eigenvalue weighted by Crippen LogP contribution is -2.38. The van der Waals surface area contributed by atoms with Gasteiger partial charge in [-0.3, -0.25) is 9.10 Å². The minimum atomic E-state index is -3.75. The van der Waals surface area contributed by atoms with Crippen LogP contribution < -0.4 is 4.31 Å². The van der Waals surface area contributed by atoms with Gasteiger partial charge in [0.15, 0.2) is 0 Å². The molecule has 0 aliphatic rings. The van der Waals surface area contributed by atoms with Gasteiger partial charge in [-0.2, -0.15) is 0 Å². The number of anilines is 1. The summed E-state index contributed by atoms with van der Waals surface area (Å²) in [5, 5.41) is 8.94. The number of nitrogens with zero attached hydrogens (tertiary/aromatic N) is 1. The van der Waals surface area contributed by atoms with Crippen LogP contribution in [0.25, 0.3) is 0 Å². The van der Waals surface area contributed by atoms with Crippen molar-refractivity contribution in [3.8, 4) is 0 Å². The number of rotatable bonds is 8. The smallest absolute Gasteiger partial charge is 0.324 e. The number of benzene rings is 1. The monoisotopic (exact) mass is 315 g/mol. The summed E-state index contributed by atoms with van der Waals surface area (Å²) >= 11 is 0. The van der Waals surface area contributed by atoms with Crippen LogP contribution in [0.3, 0.4) is 0 Å². The maximum atomic E-state index is 12.3. The average molecular weight is 315 g/mol. The van der Waals surface area contributed by atoms with Crippen molar-refractivity contribution < 1.29 is 23.1 Å². The molecule has 7 heteroatoms. The molecule has 0 aliphatic carbocycles. The molecule has 0 aliphatic heterocycles. The summed E-state index contributed by atoms with van der Waals surface area (Å²) in [5.74, 6) is -1.46. The van der Waals surface area contributed by atoms with E-state index in [-0.39, 0.29) is 18.5 Å². The molecule has 6 nitrogen and oxygen atoms in total. The molecule has 0 atom stereocenters. The molecule has 1 aromatic rings. The number of carboxylic acids is 1. The van der Waals surface area contributed by atoms with E-state index in [0.29, 0.717) is 5.69 Å². The van der Waals surface area contributed by atoms with E-state index in [0.717, 1.165) is 9.87 Å². The molecule has 0 unspecified atom stereocenters. The molecular weight excluding hydrogens is 294 g/mol. The quantitative estimate of drug-likeness (QED) is 0.788. The average Bonchev–Trinajstić information content (AvgIpc) is 2.36. The van der Waals surface area contributed by atoms with Gasteiger partial charge >= 0.3 is 5.97 Å². The van der Waals surface area contributed by atoms with E-state index < -0.39 is 22.5 Å². The van der Waals surface area contributed by atoms with Crippen molar-refractivity contribution in [2.75, 3.05) is 23.2 Å². The predicted molar refractivity (Wildman–Crippen MR) is 81.0 cm³/mol. The van der Waals surface area contributed by atoms with Crippen LogP contribution in [0, 0.1) is 6.92 Å². The van der Waals surface area contributed by atoms with Gasteiger partial charge in [0.2, 0.25) is 10.0 Å². The number of sulfonamides is 1. The molecule has 0 bridgehead atoms. The van der Waals surface area contributed by atoms with E-state index in [1.165, 1.54) is 0 Å². The van der Waals surface area contributed by atoms with Crippen LogP contribution >= 0.6 is 0 Å². The highest BCUT2D eigenvalue weighted by atomic mass is 32.2. The number of carboxylic acid groups (broad SMARTS) is 1. The van der Waals surface area contributed by atoms with Gasteiger partial charge in [-0.15, -0.1) is 0 Å². The Balaban J connectivity index is 2.95. The van der Waals surface area contributed by atoms with Crippen LogP contribution in [0.2, 0.25) is 0 Å². The van der Waals surface area contributed by atoms with Crippen molar-refractivity contribution in [2.45, 2.75) is 26.9 Å². The Bertz CT molecular complexity index is 566. The molecule has 1 N–H and O–H groups in total. The van der Waals surface area contributed by atoms with Gasteiger partial charge in [0.25, 0.3) is 0 Å². The van der Waals surface area contributed by atoms with Gasteiger partial charge in [-0.1, -0.05) is 17.7 Å². The number of carbonyl (C=O) groups is 1. The Hall–Kier alpha value is -1.60. The van der Waals surface area contributed by atoms with Crippen molar-refractivity contribution >= 4 is 21.7 Å². The highest BCUT2D eigenvalue weighted by Gasteiger charge is 2.24. The minimum Gasteiger partial charge on any atom is -0.480 e. The molecule has 1 rings (SSSR count). The maximum Gasteiger partial charge on any atom is 0.324 e. The highest BCUT2D eigenvalue weighted by molar-refractivity contribution is 7.92. The lowest BCUT2D eigenvalue weighted by atomic mass is 10.2. The largest absolute Gasteiger partial charge is 0.480 e. The second kappa shape index (κ2) is 7.42. The van der Waals surface area contributed by atoms with Gasteiger partial charge in [-0.05, 0) is 32.9 Å². The molecule has 0 amide bonds. The minimum absolute atomic E-state index is 0.0297. The van der Waals surface area contributed by atoms with E-state index in [1.54, 1.807) is 24.3 Å². The van der Waals surface area contributed by atoms with Gasteiger partial charge in [0.1, 0.15) is 6.54 Å². The third-order valence-electron chi connectivity index (χ3n) is 2.73. The Labute approximate surface area is 125 Å². The van der Waals surface area contributed by atoms with Gasteiger partial charge < -0.3 is 9.84 Å². The third kappa shape index (κ3) is 5.73. The molecule has 1 aromatic carbocycles. The SMILES string of the molecule is Cc1ccc(N(CC(=O)O)S(=O)(=O)CCOC(C)C)cc1. The molecule has 0 saturated carbocycles.